The molecule has 0 aliphatic heterocycles. The van der Waals surface area contributed by atoms with Crippen molar-refractivity contribution in [3.8, 4) is 0 Å². The van der Waals surface area contributed by atoms with Gasteiger partial charge in [0.2, 0.25) is 10.0 Å². The average Bonchev–Trinajstić information content (AvgIpc) is 2.62. The zero-order chi connectivity index (χ0) is 19.3. The molecule has 2 aromatic carbocycles. The van der Waals surface area contributed by atoms with Crippen LogP contribution in [0.3, 0.4) is 0 Å². The van der Waals surface area contributed by atoms with E-state index in [1.807, 2.05) is 0 Å². The van der Waals surface area contributed by atoms with Gasteiger partial charge in [0.15, 0.2) is 0 Å². The summed E-state index contributed by atoms with van der Waals surface area (Å²) in [4.78, 5) is 12.4. The monoisotopic (exact) mass is 379 g/mol. The number of hydrogen-bond acceptors (Lipinski definition) is 4. The summed E-state index contributed by atoms with van der Waals surface area (Å²) < 4.78 is 44.9. The fraction of sp³-hybridized carbons (Fsp3) is 0.316. The van der Waals surface area contributed by atoms with Crippen molar-refractivity contribution in [2.45, 2.75) is 32.3 Å². The summed E-state index contributed by atoms with van der Waals surface area (Å²) in [5, 5.41) is 0. The normalized spacial score (nSPS) is 11.6. The van der Waals surface area contributed by atoms with Crippen molar-refractivity contribution < 1.29 is 22.3 Å². The van der Waals surface area contributed by atoms with Crippen LogP contribution in [0.1, 0.15) is 35.3 Å². The van der Waals surface area contributed by atoms with Gasteiger partial charge < -0.3 is 4.74 Å². The second-order valence-electron chi connectivity index (χ2n) is 5.77. The molecule has 7 heteroatoms. The molecule has 0 heterocycles. The number of sulfonamides is 1. The Kier molecular flexibility index (Phi) is 6.50. The van der Waals surface area contributed by atoms with Crippen LogP contribution >= 0.6 is 0 Å². The van der Waals surface area contributed by atoms with Crippen LogP contribution in [-0.4, -0.2) is 31.8 Å². The van der Waals surface area contributed by atoms with E-state index < -0.39 is 16.0 Å². The molecule has 0 aliphatic rings. The van der Waals surface area contributed by atoms with Gasteiger partial charge in [-0.25, -0.2) is 17.6 Å². The van der Waals surface area contributed by atoms with Gasteiger partial charge in [0.25, 0.3) is 0 Å². The van der Waals surface area contributed by atoms with Crippen LogP contribution in [-0.2, 0) is 21.4 Å². The first-order chi connectivity index (χ1) is 12.3. The Morgan fingerprint density at radius 1 is 1.08 bits per heavy atom. The molecule has 0 unspecified atom stereocenters. The summed E-state index contributed by atoms with van der Waals surface area (Å²) in [7, 11) is -3.68. The topological polar surface area (TPSA) is 63.7 Å². The van der Waals surface area contributed by atoms with Gasteiger partial charge in [-0.05, 0) is 42.3 Å². The van der Waals surface area contributed by atoms with Gasteiger partial charge in [0.1, 0.15) is 12.4 Å². The number of carbonyl (C=O) groups excluding carboxylic acids is 1. The molecule has 26 heavy (non-hydrogen) atoms. The quantitative estimate of drug-likeness (QED) is 0.691. The summed E-state index contributed by atoms with van der Waals surface area (Å²) >= 11 is 0. The van der Waals surface area contributed by atoms with Crippen molar-refractivity contribution in [1.29, 1.82) is 0 Å². The molecule has 0 N–H and O–H groups in total. The highest BCUT2D eigenvalue weighted by atomic mass is 32.2. The maximum absolute atomic E-state index is 12.9. The number of hydrogen-bond donors (Lipinski definition) is 0. The van der Waals surface area contributed by atoms with E-state index in [1.165, 1.54) is 40.7 Å². The third-order valence-corrected chi connectivity index (χ3v) is 6.22. The zero-order valence-corrected chi connectivity index (χ0v) is 15.8. The Hall–Kier alpha value is -2.25. The number of esters is 1. The van der Waals surface area contributed by atoms with Gasteiger partial charge in [-0.1, -0.05) is 32.0 Å². The van der Waals surface area contributed by atoms with E-state index in [1.54, 1.807) is 26.8 Å². The average molecular weight is 379 g/mol. The van der Waals surface area contributed by atoms with Crippen molar-refractivity contribution in [1.82, 2.24) is 4.31 Å². The lowest BCUT2D eigenvalue weighted by molar-refractivity contribution is 0.0472. The molecule has 0 aromatic heterocycles. The van der Waals surface area contributed by atoms with Gasteiger partial charge in [0.05, 0.1) is 10.5 Å². The number of halogens is 1. The smallest absolute Gasteiger partial charge is 0.338 e. The standard InChI is InChI=1S/C19H22FNO4S/c1-4-21(5-2)26(23,24)18-12-16(9-6-14(18)3)19(22)25-13-15-7-10-17(20)11-8-15/h6-12H,4-5,13H2,1-3H3. The predicted octanol–water partition coefficient (Wildman–Crippen LogP) is 3.52. The third kappa shape index (κ3) is 4.47. The molecule has 0 amide bonds. The fourth-order valence-corrected chi connectivity index (χ4v) is 4.23. The highest BCUT2D eigenvalue weighted by Gasteiger charge is 2.25. The van der Waals surface area contributed by atoms with Crippen LogP contribution in [0.25, 0.3) is 0 Å². The zero-order valence-electron chi connectivity index (χ0n) is 15.0. The summed E-state index contributed by atoms with van der Waals surface area (Å²) in [5.74, 6) is -1.00. The first-order valence-electron chi connectivity index (χ1n) is 8.32. The summed E-state index contributed by atoms with van der Waals surface area (Å²) in [5.41, 5.74) is 1.36. The second-order valence-corrected chi connectivity index (χ2v) is 7.68. The number of rotatable bonds is 7. The van der Waals surface area contributed by atoms with Crippen LogP contribution < -0.4 is 0 Å². The number of benzene rings is 2. The Morgan fingerprint density at radius 2 is 1.69 bits per heavy atom. The van der Waals surface area contributed by atoms with Crippen molar-refractivity contribution in [2.24, 2.45) is 0 Å². The van der Waals surface area contributed by atoms with Crippen LogP contribution in [0.2, 0.25) is 0 Å². The van der Waals surface area contributed by atoms with Crippen LogP contribution in [0.5, 0.6) is 0 Å². The number of aryl methyl sites for hydroxylation is 1. The predicted molar refractivity (Wildman–Crippen MR) is 96.8 cm³/mol. The van der Waals surface area contributed by atoms with Crippen molar-refractivity contribution in [3.63, 3.8) is 0 Å². The third-order valence-electron chi connectivity index (χ3n) is 4.03. The molecule has 0 aliphatic carbocycles. The molecule has 0 saturated heterocycles. The molecule has 140 valence electrons. The highest BCUT2D eigenvalue weighted by Crippen LogP contribution is 2.22. The van der Waals surface area contributed by atoms with E-state index in [9.17, 15) is 17.6 Å². The fourth-order valence-electron chi connectivity index (χ4n) is 2.52. The Morgan fingerprint density at radius 3 is 2.27 bits per heavy atom. The molecule has 0 saturated carbocycles. The maximum Gasteiger partial charge on any atom is 0.338 e. The Balaban J connectivity index is 2.22. The van der Waals surface area contributed by atoms with Gasteiger partial charge in [-0.3, -0.25) is 0 Å². The molecule has 2 rings (SSSR count). The van der Waals surface area contributed by atoms with Gasteiger partial charge in [-0.2, -0.15) is 4.31 Å². The highest BCUT2D eigenvalue weighted by molar-refractivity contribution is 7.89. The van der Waals surface area contributed by atoms with Crippen LogP contribution in [0.4, 0.5) is 4.39 Å². The summed E-state index contributed by atoms with van der Waals surface area (Å²) in [6, 6.07) is 10.1. The van der Waals surface area contributed by atoms with E-state index in [-0.39, 0.29) is 22.9 Å². The lowest BCUT2D eigenvalue weighted by atomic mass is 10.1. The molecule has 0 radical (unpaired) electrons. The molecular formula is C19H22FNO4S. The minimum atomic E-state index is -3.68. The van der Waals surface area contributed by atoms with Crippen molar-refractivity contribution in [2.75, 3.05) is 13.1 Å². The molecule has 2 aromatic rings. The molecular weight excluding hydrogens is 357 g/mol. The molecule has 0 spiro atoms. The van der Waals surface area contributed by atoms with Gasteiger partial charge in [-0.15, -0.1) is 0 Å². The van der Waals surface area contributed by atoms with Gasteiger partial charge >= 0.3 is 5.97 Å². The number of nitrogens with zero attached hydrogens (tertiary/aromatic N) is 1. The Bertz CT molecular complexity index is 875. The number of carbonyl (C=O) groups is 1. The molecule has 0 fully saturated rings. The van der Waals surface area contributed by atoms with E-state index in [2.05, 4.69) is 0 Å². The van der Waals surface area contributed by atoms with E-state index in [0.717, 1.165) is 0 Å². The molecule has 5 nitrogen and oxygen atoms in total. The minimum Gasteiger partial charge on any atom is -0.457 e. The lowest BCUT2D eigenvalue weighted by Crippen LogP contribution is -2.31. The van der Waals surface area contributed by atoms with Gasteiger partial charge in [0, 0.05) is 13.1 Å². The van der Waals surface area contributed by atoms with E-state index >= 15 is 0 Å². The summed E-state index contributed by atoms with van der Waals surface area (Å²) in [6.07, 6.45) is 0. The van der Waals surface area contributed by atoms with Crippen LogP contribution in [0, 0.1) is 12.7 Å². The Labute approximate surface area is 153 Å². The van der Waals surface area contributed by atoms with Crippen molar-refractivity contribution >= 4 is 16.0 Å². The first kappa shape index (κ1) is 20.1. The van der Waals surface area contributed by atoms with Crippen LogP contribution in [0.15, 0.2) is 47.4 Å². The van der Waals surface area contributed by atoms with Crippen molar-refractivity contribution in [3.05, 3.63) is 65.0 Å². The lowest BCUT2D eigenvalue weighted by Gasteiger charge is -2.20. The second kappa shape index (κ2) is 8.42. The van der Waals surface area contributed by atoms with E-state index in [4.69, 9.17) is 4.74 Å². The SMILES string of the molecule is CCN(CC)S(=O)(=O)c1cc(C(=O)OCc2ccc(F)cc2)ccc1C. The molecule has 0 atom stereocenters. The maximum atomic E-state index is 12.9. The minimum absolute atomic E-state index is 0.0227. The van der Waals surface area contributed by atoms with E-state index in [0.29, 0.717) is 24.2 Å². The first-order valence-corrected chi connectivity index (χ1v) is 9.76. The summed E-state index contributed by atoms with van der Waals surface area (Å²) in [6.45, 7) is 5.87. The molecule has 0 bridgehead atoms. The number of ether oxygens (including phenoxy) is 1. The largest absolute Gasteiger partial charge is 0.457 e.